The summed E-state index contributed by atoms with van der Waals surface area (Å²) in [7, 11) is 0. The molecule has 0 amide bonds. The summed E-state index contributed by atoms with van der Waals surface area (Å²) in [5.41, 5.74) is 2.33. The Morgan fingerprint density at radius 2 is 1.72 bits per heavy atom. The Hall–Kier alpha value is -3.83. The number of rotatable bonds is 4. The van der Waals surface area contributed by atoms with Gasteiger partial charge in [-0.05, 0) is 47.5 Å². The SMILES string of the molecule is O=C(/C=C/c1ccc2c(c1)OCCO2)c1c(-c2ccccc2)c2cc(Cl)ccc2[nH]c1=O. The molecule has 0 spiro atoms. The number of carbonyl (C=O) groups excluding carboxylic acids is 1. The summed E-state index contributed by atoms with van der Waals surface area (Å²) in [6.45, 7) is 0.992. The van der Waals surface area contributed by atoms with Crippen LogP contribution in [0, 0.1) is 0 Å². The summed E-state index contributed by atoms with van der Waals surface area (Å²) in [6, 6.07) is 20.0. The lowest BCUT2D eigenvalue weighted by molar-refractivity contribution is 0.104. The van der Waals surface area contributed by atoms with Gasteiger partial charge in [-0.1, -0.05) is 54.1 Å². The third-order valence-corrected chi connectivity index (χ3v) is 5.51. The number of H-pyrrole nitrogens is 1. The van der Waals surface area contributed by atoms with E-state index in [-0.39, 0.29) is 5.56 Å². The Morgan fingerprint density at radius 3 is 2.53 bits per heavy atom. The Morgan fingerprint density at radius 1 is 0.938 bits per heavy atom. The molecule has 1 aromatic heterocycles. The first-order valence-corrected chi connectivity index (χ1v) is 10.5. The van der Waals surface area contributed by atoms with Gasteiger partial charge in [-0.15, -0.1) is 0 Å². The Bertz CT molecular complexity index is 1420. The van der Waals surface area contributed by atoms with Gasteiger partial charge in [0.05, 0.1) is 5.56 Å². The fourth-order valence-corrected chi connectivity index (χ4v) is 4.00. The molecule has 1 aliphatic heterocycles. The van der Waals surface area contributed by atoms with Crippen LogP contribution in [0.5, 0.6) is 11.5 Å². The van der Waals surface area contributed by atoms with Gasteiger partial charge in [-0.25, -0.2) is 0 Å². The van der Waals surface area contributed by atoms with Crippen molar-refractivity contribution in [2.24, 2.45) is 0 Å². The number of ether oxygens (including phenoxy) is 2. The van der Waals surface area contributed by atoms with E-state index in [9.17, 15) is 9.59 Å². The summed E-state index contributed by atoms with van der Waals surface area (Å²) in [5.74, 6) is 0.907. The third kappa shape index (κ3) is 3.79. The predicted molar refractivity (Wildman–Crippen MR) is 126 cm³/mol. The van der Waals surface area contributed by atoms with E-state index < -0.39 is 11.3 Å². The molecule has 6 heteroatoms. The number of carbonyl (C=O) groups is 1. The van der Waals surface area contributed by atoms with Crippen molar-refractivity contribution in [3.05, 3.63) is 99.3 Å². The van der Waals surface area contributed by atoms with E-state index >= 15 is 0 Å². The number of hydrogen-bond donors (Lipinski definition) is 1. The van der Waals surface area contributed by atoms with Crippen LogP contribution in [0.25, 0.3) is 28.1 Å². The predicted octanol–water partition coefficient (Wildman–Crippen LogP) is 5.52. The monoisotopic (exact) mass is 443 g/mol. The highest BCUT2D eigenvalue weighted by atomic mass is 35.5. The molecule has 0 saturated carbocycles. The number of aromatic nitrogens is 1. The maximum absolute atomic E-state index is 13.3. The quantitative estimate of drug-likeness (QED) is 0.333. The number of nitrogens with one attached hydrogen (secondary N) is 1. The van der Waals surface area contributed by atoms with E-state index in [0.29, 0.717) is 46.2 Å². The summed E-state index contributed by atoms with van der Waals surface area (Å²) in [6.07, 6.45) is 3.07. The number of allylic oxidation sites excluding steroid dienone is 1. The van der Waals surface area contributed by atoms with Crippen molar-refractivity contribution in [3.8, 4) is 22.6 Å². The summed E-state index contributed by atoms with van der Waals surface area (Å²) in [4.78, 5) is 29.0. The second-order valence-electron chi connectivity index (χ2n) is 7.36. The lowest BCUT2D eigenvalue weighted by Gasteiger charge is -2.18. The van der Waals surface area contributed by atoms with Crippen LogP contribution in [0.15, 0.2) is 77.6 Å². The maximum atomic E-state index is 13.3. The molecule has 0 radical (unpaired) electrons. The van der Waals surface area contributed by atoms with Gasteiger partial charge < -0.3 is 14.5 Å². The minimum atomic E-state index is -0.449. The Kier molecular flexibility index (Phi) is 5.25. The molecule has 0 fully saturated rings. The van der Waals surface area contributed by atoms with Gasteiger partial charge in [-0.3, -0.25) is 9.59 Å². The van der Waals surface area contributed by atoms with Crippen LogP contribution in [-0.2, 0) is 0 Å². The van der Waals surface area contributed by atoms with E-state index in [1.54, 1.807) is 36.4 Å². The third-order valence-electron chi connectivity index (χ3n) is 5.28. The zero-order valence-electron chi connectivity index (χ0n) is 16.9. The van der Waals surface area contributed by atoms with Crippen molar-refractivity contribution < 1.29 is 14.3 Å². The minimum Gasteiger partial charge on any atom is -0.486 e. The molecule has 5 nitrogen and oxygen atoms in total. The van der Waals surface area contributed by atoms with Gasteiger partial charge in [0, 0.05) is 21.5 Å². The van der Waals surface area contributed by atoms with Crippen LogP contribution in [-0.4, -0.2) is 24.0 Å². The molecule has 0 bridgehead atoms. The molecule has 5 rings (SSSR count). The molecule has 4 aromatic rings. The van der Waals surface area contributed by atoms with Crippen molar-refractivity contribution in [1.82, 2.24) is 4.98 Å². The normalized spacial score (nSPS) is 12.9. The summed E-state index contributed by atoms with van der Waals surface area (Å²) >= 11 is 6.24. The van der Waals surface area contributed by atoms with E-state index in [1.165, 1.54) is 6.08 Å². The van der Waals surface area contributed by atoms with Crippen LogP contribution in [0.3, 0.4) is 0 Å². The smallest absolute Gasteiger partial charge is 0.260 e. The molecule has 1 N–H and O–H groups in total. The number of pyridine rings is 1. The van der Waals surface area contributed by atoms with Crippen LogP contribution in [0.1, 0.15) is 15.9 Å². The average molecular weight is 444 g/mol. The fraction of sp³-hybridized carbons (Fsp3) is 0.0769. The van der Waals surface area contributed by atoms with Gasteiger partial charge in [-0.2, -0.15) is 0 Å². The van der Waals surface area contributed by atoms with Gasteiger partial charge >= 0.3 is 0 Å². The van der Waals surface area contributed by atoms with Gasteiger partial charge in [0.15, 0.2) is 17.3 Å². The van der Waals surface area contributed by atoms with Gasteiger partial charge in [0.25, 0.3) is 5.56 Å². The van der Waals surface area contributed by atoms with E-state index in [4.69, 9.17) is 21.1 Å². The van der Waals surface area contributed by atoms with Gasteiger partial charge in [0.1, 0.15) is 13.2 Å². The Balaban J connectivity index is 1.62. The van der Waals surface area contributed by atoms with Crippen molar-refractivity contribution in [3.63, 3.8) is 0 Å². The van der Waals surface area contributed by atoms with Gasteiger partial charge in [0.2, 0.25) is 0 Å². The first-order chi connectivity index (χ1) is 15.6. The summed E-state index contributed by atoms with van der Waals surface area (Å²) in [5, 5.41) is 1.23. The maximum Gasteiger partial charge on any atom is 0.260 e. The van der Waals surface area contributed by atoms with Crippen molar-refractivity contribution in [2.45, 2.75) is 0 Å². The zero-order chi connectivity index (χ0) is 22.1. The van der Waals surface area contributed by atoms with Crippen molar-refractivity contribution in [1.29, 1.82) is 0 Å². The van der Waals surface area contributed by atoms with Crippen LogP contribution < -0.4 is 15.0 Å². The number of halogens is 1. The van der Waals surface area contributed by atoms with Crippen molar-refractivity contribution >= 4 is 34.4 Å². The average Bonchev–Trinajstić information content (AvgIpc) is 2.82. The lowest BCUT2D eigenvalue weighted by Crippen LogP contribution is -2.18. The molecule has 1 aliphatic rings. The standard InChI is InChI=1S/C26H18ClNO4/c27-18-8-9-20-19(15-18)24(17-4-2-1-3-5-17)25(26(30)28-20)21(29)10-6-16-7-11-22-23(14-16)32-13-12-31-22/h1-11,14-15H,12-13H2,(H,28,30)/b10-6+. The summed E-state index contributed by atoms with van der Waals surface area (Å²) < 4.78 is 11.1. The highest BCUT2D eigenvalue weighted by molar-refractivity contribution is 6.31. The molecule has 0 saturated heterocycles. The minimum absolute atomic E-state index is 0.0692. The topological polar surface area (TPSA) is 68.4 Å². The first-order valence-electron chi connectivity index (χ1n) is 10.1. The molecule has 2 heterocycles. The fourth-order valence-electron chi connectivity index (χ4n) is 3.82. The number of hydrogen-bond acceptors (Lipinski definition) is 4. The van der Waals surface area contributed by atoms with E-state index in [1.807, 2.05) is 36.4 Å². The molecule has 0 aliphatic carbocycles. The largest absolute Gasteiger partial charge is 0.486 e. The second-order valence-corrected chi connectivity index (χ2v) is 7.80. The molecular formula is C26H18ClNO4. The first kappa shape index (κ1) is 20.1. The Labute approximate surface area is 188 Å². The molecule has 3 aromatic carbocycles. The molecular weight excluding hydrogens is 426 g/mol. The second kappa shape index (κ2) is 8.36. The molecule has 0 atom stereocenters. The van der Waals surface area contributed by atoms with E-state index in [0.717, 1.165) is 11.1 Å². The molecule has 0 unspecified atom stereocenters. The van der Waals surface area contributed by atoms with Crippen LogP contribution >= 0.6 is 11.6 Å². The van der Waals surface area contributed by atoms with Crippen LogP contribution in [0.4, 0.5) is 0 Å². The lowest BCUT2D eigenvalue weighted by atomic mass is 9.94. The van der Waals surface area contributed by atoms with E-state index in [2.05, 4.69) is 4.98 Å². The van der Waals surface area contributed by atoms with Crippen LogP contribution in [0.2, 0.25) is 5.02 Å². The number of ketones is 1. The number of benzene rings is 3. The molecule has 32 heavy (non-hydrogen) atoms. The van der Waals surface area contributed by atoms with Crippen molar-refractivity contribution in [2.75, 3.05) is 13.2 Å². The highest BCUT2D eigenvalue weighted by Gasteiger charge is 2.19. The number of aromatic amines is 1. The zero-order valence-corrected chi connectivity index (χ0v) is 17.7. The highest BCUT2D eigenvalue weighted by Crippen LogP contribution is 2.33. The molecule has 158 valence electrons. The number of fused-ring (bicyclic) bond motifs is 2.